The van der Waals surface area contributed by atoms with Gasteiger partial charge >= 0.3 is 0 Å². The molecule has 76 valence electrons. The lowest BCUT2D eigenvalue weighted by Gasteiger charge is -2.26. The standard InChI is InChI=1S/C10H12N2.CH5N/c11-8-12-6-5-9-3-1-2-4-10(9)7-12;1-2/h1-4,8,11H,5-7H2;2H2,1H3. The van der Waals surface area contributed by atoms with Crippen molar-refractivity contribution in [3.63, 3.8) is 0 Å². The number of nitrogens with two attached hydrogens (primary N) is 1. The summed E-state index contributed by atoms with van der Waals surface area (Å²) in [5, 5.41) is 7.14. The number of hydrogen-bond acceptors (Lipinski definition) is 2. The number of nitrogens with zero attached hydrogens (tertiary/aromatic N) is 1. The summed E-state index contributed by atoms with van der Waals surface area (Å²) in [5.41, 5.74) is 7.31. The van der Waals surface area contributed by atoms with E-state index >= 15 is 0 Å². The highest BCUT2D eigenvalue weighted by molar-refractivity contribution is 5.52. The molecule has 0 aromatic heterocycles. The van der Waals surface area contributed by atoms with Gasteiger partial charge in [-0.05, 0) is 24.6 Å². The van der Waals surface area contributed by atoms with Crippen molar-refractivity contribution >= 4 is 6.34 Å². The highest BCUT2D eigenvalue weighted by atomic mass is 15.1. The van der Waals surface area contributed by atoms with Crippen molar-refractivity contribution in [1.82, 2.24) is 4.90 Å². The summed E-state index contributed by atoms with van der Waals surface area (Å²) in [6.45, 7) is 1.89. The molecular weight excluding hydrogens is 174 g/mol. The summed E-state index contributed by atoms with van der Waals surface area (Å²) in [6.07, 6.45) is 2.50. The molecule has 0 amide bonds. The fourth-order valence-corrected chi connectivity index (χ4v) is 1.63. The normalized spacial score (nSPS) is 13.7. The number of rotatable bonds is 1. The first-order valence-electron chi connectivity index (χ1n) is 4.79. The lowest BCUT2D eigenvalue weighted by atomic mass is 10.0. The molecule has 1 heterocycles. The van der Waals surface area contributed by atoms with Crippen LogP contribution in [-0.2, 0) is 13.0 Å². The third-order valence-corrected chi connectivity index (χ3v) is 2.34. The van der Waals surface area contributed by atoms with Gasteiger partial charge in [0.25, 0.3) is 0 Å². The SMILES string of the molecule is CN.N=CN1CCc2ccccc2C1. The van der Waals surface area contributed by atoms with E-state index in [2.05, 4.69) is 30.0 Å². The Balaban J connectivity index is 0.000000461. The van der Waals surface area contributed by atoms with E-state index in [1.807, 2.05) is 4.90 Å². The molecule has 0 saturated heterocycles. The maximum Gasteiger partial charge on any atom is 0.0820 e. The largest absolute Gasteiger partial charge is 0.358 e. The van der Waals surface area contributed by atoms with Crippen LogP contribution in [-0.4, -0.2) is 24.8 Å². The van der Waals surface area contributed by atoms with E-state index in [9.17, 15) is 0 Å². The summed E-state index contributed by atoms with van der Waals surface area (Å²) >= 11 is 0. The molecule has 1 aliphatic rings. The average molecular weight is 191 g/mol. The Morgan fingerprint density at radius 1 is 1.29 bits per heavy atom. The molecule has 2 rings (SSSR count). The van der Waals surface area contributed by atoms with Gasteiger partial charge in [-0.25, -0.2) is 0 Å². The summed E-state index contributed by atoms with van der Waals surface area (Å²) in [6, 6.07) is 8.47. The molecule has 3 N–H and O–H groups in total. The van der Waals surface area contributed by atoms with Gasteiger partial charge in [0, 0.05) is 13.1 Å². The van der Waals surface area contributed by atoms with Crippen LogP contribution in [0.25, 0.3) is 0 Å². The molecule has 0 spiro atoms. The van der Waals surface area contributed by atoms with Gasteiger partial charge in [-0.1, -0.05) is 24.3 Å². The first kappa shape index (κ1) is 10.7. The van der Waals surface area contributed by atoms with Crippen LogP contribution in [0, 0.1) is 5.41 Å². The zero-order valence-corrected chi connectivity index (χ0v) is 8.53. The molecule has 1 aromatic carbocycles. The first-order chi connectivity index (χ1) is 6.90. The maximum atomic E-state index is 7.14. The van der Waals surface area contributed by atoms with Crippen molar-refractivity contribution in [2.75, 3.05) is 13.6 Å². The van der Waals surface area contributed by atoms with Crippen molar-refractivity contribution < 1.29 is 0 Å². The van der Waals surface area contributed by atoms with Crippen LogP contribution in [0.3, 0.4) is 0 Å². The molecule has 0 unspecified atom stereocenters. The lowest BCUT2D eigenvalue weighted by molar-refractivity contribution is 0.403. The van der Waals surface area contributed by atoms with Crippen molar-refractivity contribution in [1.29, 1.82) is 5.41 Å². The Hall–Kier alpha value is -1.35. The van der Waals surface area contributed by atoms with Crippen molar-refractivity contribution in [2.45, 2.75) is 13.0 Å². The minimum atomic E-state index is 0.902. The van der Waals surface area contributed by atoms with Gasteiger partial charge in [0.2, 0.25) is 0 Å². The average Bonchev–Trinajstić information content (AvgIpc) is 2.31. The molecule has 0 bridgehead atoms. The molecule has 3 nitrogen and oxygen atoms in total. The van der Waals surface area contributed by atoms with Crippen LogP contribution in [0.4, 0.5) is 0 Å². The third kappa shape index (κ3) is 2.33. The lowest BCUT2D eigenvalue weighted by Crippen LogP contribution is -2.28. The van der Waals surface area contributed by atoms with Gasteiger partial charge in [0.05, 0.1) is 6.34 Å². The quantitative estimate of drug-likeness (QED) is 0.518. The Morgan fingerprint density at radius 3 is 2.57 bits per heavy atom. The van der Waals surface area contributed by atoms with E-state index in [4.69, 9.17) is 5.41 Å². The van der Waals surface area contributed by atoms with Gasteiger partial charge in [-0.3, -0.25) is 5.41 Å². The van der Waals surface area contributed by atoms with Gasteiger partial charge < -0.3 is 10.6 Å². The molecule has 0 atom stereocenters. The fourth-order valence-electron chi connectivity index (χ4n) is 1.63. The zero-order chi connectivity index (χ0) is 10.4. The van der Waals surface area contributed by atoms with Gasteiger partial charge in [-0.15, -0.1) is 0 Å². The van der Waals surface area contributed by atoms with Crippen molar-refractivity contribution in [2.24, 2.45) is 5.73 Å². The Morgan fingerprint density at radius 2 is 1.93 bits per heavy atom. The van der Waals surface area contributed by atoms with Crippen LogP contribution in [0.15, 0.2) is 24.3 Å². The molecule has 1 aliphatic heterocycles. The van der Waals surface area contributed by atoms with Crippen LogP contribution >= 0.6 is 0 Å². The first-order valence-corrected chi connectivity index (χ1v) is 4.79. The molecule has 0 fully saturated rings. The van der Waals surface area contributed by atoms with E-state index in [1.54, 1.807) is 0 Å². The van der Waals surface area contributed by atoms with Gasteiger partial charge in [0.15, 0.2) is 0 Å². The number of hydrogen-bond donors (Lipinski definition) is 2. The Kier molecular flexibility index (Phi) is 4.13. The number of nitrogens with one attached hydrogen (secondary N) is 1. The monoisotopic (exact) mass is 191 g/mol. The zero-order valence-electron chi connectivity index (χ0n) is 8.53. The second-order valence-electron chi connectivity index (χ2n) is 3.12. The predicted molar refractivity (Wildman–Crippen MR) is 59.5 cm³/mol. The highest BCUT2D eigenvalue weighted by Crippen LogP contribution is 2.16. The van der Waals surface area contributed by atoms with Gasteiger partial charge in [-0.2, -0.15) is 0 Å². The predicted octanol–water partition coefficient (Wildman–Crippen LogP) is 1.23. The maximum absolute atomic E-state index is 7.14. The van der Waals surface area contributed by atoms with Crippen LogP contribution in [0.1, 0.15) is 11.1 Å². The second kappa shape index (κ2) is 5.40. The minimum Gasteiger partial charge on any atom is -0.358 e. The third-order valence-electron chi connectivity index (χ3n) is 2.34. The van der Waals surface area contributed by atoms with E-state index in [1.165, 1.54) is 24.5 Å². The summed E-state index contributed by atoms with van der Waals surface area (Å²) in [4.78, 5) is 2.03. The molecule has 0 saturated carbocycles. The van der Waals surface area contributed by atoms with E-state index in [0.29, 0.717) is 0 Å². The second-order valence-corrected chi connectivity index (χ2v) is 3.12. The van der Waals surface area contributed by atoms with Crippen molar-refractivity contribution in [3.05, 3.63) is 35.4 Å². The molecule has 0 aliphatic carbocycles. The highest BCUT2D eigenvalue weighted by Gasteiger charge is 2.11. The summed E-state index contributed by atoms with van der Waals surface area (Å²) in [5.74, 6) is 0. The molecule has 3 heteroatoms. The Bertz CT molecular complexity index is 296. The van der Waals surface area contributed by atoms with Crippen LogP contribution < -0.4 is 5.73 Å². The fraction of sp³-hybridized carbons (Fsp3) is 0.364. The number of benzene rings is 1. The van der Waals surface area contributed by atoms with Crippen molar-refractivity contribution in [3.8, 4) is 0 Å². The van der Waals surface area contributed by atoms with E-state index < -0.39 is 0 Å². The summed E-state index contributed by atoms with van der Waals surface area (Å²) < 4.78 is 0. The topological polar surface area (TPSA) is 53.1 Å². The smallest absolute Gasteiger partial charge is 0.0820 e. The Labute approximate surface area is 85.0 Å². The van der Waals surface area contributed by atoms with Crippen LogP contribution in [0.2, 0.25) is 0 Å². The molecule has 1 aromatic rings. The van der Waals surface area contributed by atoms with Crippen LogP contribution in [0.5, 0.6) is 0 Å². The minimum absolute atomic E-state index is 0.902. The van der Waals surface area contributed by atoms with E-state index in [-0.39, 0.29) is 0 Å². The molecule has 0 radical (unpaired) electrons. The molecule has 14 heavy (non-hydrogen) atoms. The van der Waals surface area contributed by atoms with Gasteiger partial charge in [0.1, 0.15) is 0 Å². The number of fused-ring (bicyclic) bond motifs is 1. The molecular formula is C11H17N3. The van der Waals surface area contributed by atoms with E-state index in [0.717, 1.165) is 19.5 Å². The summed E-state index contributed by atoms with van der Waals surface area (Å²) in [7, 11) is 1.50.